The molecule has 21 heavy (non-hydrogen) atoms. The molecule has 5 nitrogen and oxygen atoms in total. The summed E-state index contributed by atoms with van der Waals surface area (Å²) >= 11 is 0. The van der Waals surface area contributed by atoms with Gasteiger partial charge in [0.25, 0.3) is 0 Å². The molecule has 6 heteroatoms. The van der Waals surface area contributed by atoms with E-state index in [2.05, 4.69) is 27.3 Å². The quantitative estimate of drug-likeness (QED) is 0.848. The molecule has 0 saturated carbocycles. The maximum atomic E-state index is 13.1. The molecule has 1 saturated heterocycles. The van der Waals surface area contributed by atoms with Crippen molar-refractivity contribution in [2.45, 2.75) is 45.3 Å². The summed E-state index contributed by atoms with van der Waals surface area (Å²) in [5.74, 6) is 0.723. The number of nitrogens with zero attached hydrogens (tertiary/aromatic N) is 5. The van der Waals surface area contributed by atoms with Gasteiger partial charge >= 0.3 is 0 Å². The third-order valence-electron chi connectivity index (χ3n) is 4.00. The number of tetrazole rings is 1. The summed E-state index contributed by atoms with van der Waals surface area (Å²) in [4.78, 5) is 2.38. The van der Waals surface area contributed by atoms with Crippen molar-refractivity contribution in [3.8, 4) is 0 Å². The Morgan fingerprint density at radius 3 is 2.86 bits per heavy atom. The lowest BCUT2D eigenvalue weighted by atomic mass is 10.0. The van der Waals surface area contributed by atoms with Crippen molar-refractivity contribution in [3.63, 3.8) is 0 Å². The zero-order valence-corrected chi connectivity index (χ0v) is 12.2. The van der Waals surface area contributed by atoms with Gasteiger partial charge in [-0.25, -0.2) is 9.07 Å². The summed E-state index contributed by atoms with van der Waals surface area (Å²) in [5.41, 5.74) is 1.17. The van der Waals surface area contributed by atoms with E-state index in [4.69, 9.17) is 0 Å². The van der Waals surface area contributed by atoms with E-state index in [1.165, 1.54) is 17.7 Å². The first kappa shape index (κ1) is 14.1. The minimum Gasteiger partial charge on any atom is -0.289 e. The molecule has 0 radical (unpaired) electrons. The van der Waals surface area contributed by atoms with Crippen LogP contribution in [0.2, 0.25) is 0 Å². The summed E-state index contributed by atoms with van der Waals surface area (Å²) in [6.07, 6.45) is 3.26. The number of halogens is 1. The molecule has 1 aliphatic heterocycles. The fourth-order valence-electron chi connectivity index (χ4n) is 2.98. The van der Waals surface area contributed by atoms with Crippen LogP contribution in [-0.2, 0) is 13.1 Å². The Morgan fingerprint density at radius 1 is 1.29 bits per heavy atom. The second-order valence-electron chi connectivity index (χ2n) is 5.50. The molecule has 1 aromatic heterocycles. The molecule has 3 rings (SSSR count). The van der Waals surface area contributed by atoms with Gasteiger partial charge in [-0.1, -0.05) is 19.1 Å². The van der Waals surface area contributed by atoms with E-state index in [1.807, 2.05) is 16.8 Å². The van der Waals surface area contributed by atoms with Crippen molar-refractivity contribution in [2.75, 3.05) is 6.54 Å². The van der Waals surface area contributed by atoms with Gasteiger partial charge in [0.1, 0.15) is 5.82 Å². The van der Waals surface area contributed by atoms with Crippen molar-refractivity contribution >= 4 is 0 Å². The highest BCUT2D eigenvalue weighted by atomic mass is 19.1. The van der Waals surface area contributed by atoms with Gasteiger partial charge < -0.3 is 0 Å². The monoisotopic (exact) mass is 289 g/mol. The Morgan fingerprint density at radius 2 is 2.10 bits per heavy atom. The summed E-state index contributed by atoms with van der Waals surface area (Å²) < 4.78 is 14.9. The van der Waals surface area contributed by atoms with Crippen LogP contribution in [0.4, 0.5) is 4.39 Å². The van der Waals surface area contributed by atoms with E-state index in [0.29, 0.717) is 6.04 Å². The Hall–Kier alpha value is -1.82. The van der Waals surface area contributed by atoms with Crippen molar-refractivity contribution in [3.05, 3.63) is 41.5 Å². The number of likely N-dealkylation sites (tertiary alicyclic amines) is 1. The molecule has 1 unspecified atom stereocenters. The smallest absolute Gasteiger partial charge is 0.165 e. The van der Waals surface area contributed by atoms with Crippen LogP contribution in [0.5, 0.6) is 0 Å². The Balaban J connectivity index is 1.75. The molecule has 0 bridgehead atoms. The molecule has 0 N–H and O–H groups in total. The van der Waals surface area contributed by atoms with Gasteiger partial charge in [0.15, 0.2) is 5.82 Å². The second-order valence-corrected chi connectivity index (χ2v) is 5.50. The maximum Gasteiger partial charge on any atom is 0.165 e. The lowest BCUT2D eigenvalue weighted by molar-refractivity contribution is 0.237. The fraction of sp³-hybridized carbons (Fsp3) is 0.533. The topological polar surface area (TPSA) is 46.8 Å². The summed E-state index contributed by atoms with van der Waals surface area (Å²) in [7, 11) is 0. The molecule has 112 valence electrons. The van der Waals surface area contributed by atoms with E-state index in [0.717, 1.165) is 44.7 Å². The van der Waals surface area contributed by atoms with Crippen molar-refractivity contribution in [1.82, 2.24) is 25.1 Å². The minimum absolute atomic E-state index is 0.185. The predicted octanol–water partition coefficient (Wildman–Crippen LogP) is 2.56. The van der Waals surface area contributed by atoms with E-state index in [1.54, 1.807) is 0 Å². The first-order chi connectivity index (χ1) is 10.3. The van der Waals surface area contributed by atoms with E-state index >= 15 is 0 Å². The van der Waals surface area contributed by atoms with E-state index in [9.17, 15) is 4.39 Å². The molecule has 1 fully saturated rings. The third-order valence-corrected chi connectivity index (χ3v) is 4.00. The Kier molecular flexibility index (Phi) is 4.24. The molecule has 2 heterocycles. The fourth-order valence-corrected chi connectivity index (χ4v) is 2.98. The average Bonchev–Trinajstić information content (AvgIpc) is 3.11. The SMILES string of the molecule is CCCn1nnnc1CN1CCCC1c1ccc(F)cc1. The number of benzene rings is 1. The summed E-state index contributed by atoms with van der Waals surface area (Å²) in [5, 5.41) is 12.0. The Labute approximate surface area is 123 Å². The van der Waals surface area contributed by atoms with Gasteiger partial charge in [0.2, 0.25) is 0 Å². The molecular formula is C15H20FN5. The highest BCUT2D eigenvalue weighted by Crippen LogP contribution is 2.32. The van der Waals surface area contributed by atoms with Gasteiger partial charge in [-0.3, -0.25) is 4.90 Å². The standard InChI is InChI=1S/C15H20FN5/c1-2-9-21-15(17-18-19-21)11-20-10-3-4-14(20)12-5-7-13(16)8-6-12/h5-8,14H,2-4,9-11H2,1H3. The summed E-state index contributed by atoms with van der Waals surface area (Å²) in [6, 6.07) is 7.16. The number of aromatic nitrogens is 4. The molecule has 2 aromatic rings. The van der Waals surface area contributed by atoms with E-state index in [-0.39, 0.29) is 5.82 Å². The normalized spacial score (nSPS) is 19.2. The van der Waals surface area contributed by atoms with Crippen LogP contribution in [0.1, 0.15) is 43.6 Å². The summed E-state index contributed by atoms with van der Waals surface area (Å²) in [6.45, 7) is 4.73. The number of aryl methyl sites for hydroxylation is 1. The van der Waals surface area contributed by atoms with Crippen LogP contribution >= 0.6 is 0 Å². The minimum atomic E-state index is -0.185. The molecule has 0 amide bonds. The number of hydrogen-bond acceptors (Lipinski definition) is 4. The largest absolute Gasteiger partial charge is 0.289 e. The highest BCUT2D eigenvalue weighted by Gasteiger charge is 2.27. The molecular weight excluding hydrogens is 269 g/mol. The van der Waals surface area contributed by atoms with Crippen LogP contribution < -0.4 is 0 Å². The molecule has 1 aliphatic rings. The average molecular weight is 289 g/mol. The lowest BCUT2D eigenvalue weighted by Crippen LogP contribution is -2.25. The van der Waals surface area contributed by atoms with Crippen molar-refractivity contribution < 1.29 is 4.39 Å². The highest BCUT2D eigenvalue weighted by molar-refractivity contribution is 5.21. The van der Waals surface area contributed by atoms with E-state index < -0.39 is 0 Å². The van der Waals surface area contributed by atoms with Crippen molar-refractivity contribution in [1.29, 1.82) is 0 Å². The van der Waals surface area contributed by atoms with Gasteiger partial charge in [-0.05, 0) is 53.9 Å². The molecule has 1 atom stereocenters. The van der Waals surface area contributed by atoms with Crippen molar-refractivity contribution in [2.24, 2.45) is 0 Å². The van der Waals surface area contributed by atoms with Gasteiger partial charge in [0, 0.05) is 12.6 Å². The first-order valence-corrected chi connectivity index (χ1v) is 7.52. The first-order valence-electron chi connectivity index (χ1n) is 7.52. The van der Waals surface area contributed by atoms with Crippen LogP contribution in [0.15, 0.2) is 24.3 Å². The molecule has 0 aliphatic carbocycles. The third kappa shape index (κ3) is 3.10. The Bertz CT molecular complexity index is 580. The number of hydrogen-bond donors (Lipinski definition) is 0. The van der Waals surface area contributed by atoms with Crippen LogP contribution in [0.25, 0.3) is 0 Å². The zero-order chi connectivity index (χ0) is 14.7. The zero-order valence-electron chi connectivity index (χ0n) is 12.2. The predicted molar refractivity (Wildman–Crippen MR) is 76.9 cm³/mol. The van der Waals surface area contributed by atoms with Crippen LogP contribution in [0, 0.1) is 5.82 Å². The van der Waals surface area contributed by atoms with Crippen LogP contribution in [0.3, 0.4) is 0 Å². The second kappa shape index (κ2) is 6.30. The van der Waals surface area contributed by atoms with Gasteiger partial charge in [0.05, 0.1) is 6.54 Å². The lowest BCUT2D eigenvalue weighted by Gasteiger charge is -2.24. The van der Waals surface area contributed by atoms with Gasteiger partial charge in [-0.2, -0.15) is 0 Å². The maximum absolute atomic E-state index is 13.1. The molecule has 0 spiro atoms. The number of rotatable bonds is 5. The van der Waals surface area contributed by atoms with Crippen LogP contribution in [-0.4, -0.2) is 31.7 Å². The molecule has 1 aromatic carbocycles. The van der Waals surface area contributed by atoms with Gasteiger partial charge in [-0.15, -0.1) is 5.10 Å².